The van der Waals surface area contributed by atoms with Gasteiger partial charge >= 0.3 is 6.09 Å². The predicted molar refractivity (Wildman–Crippen MR) is 106 cm³/mol. The Bertz CT molecular complexity index is 574. The Kier molecular flexibility index (Phi) is 7.41. The minimum absolute atomic E-state index is 0.202. The summed E-state index contributed by atoms with van der Waals surface area (Å²) in [6.07, 6.45) is 1.16. The van der Waals surface area contributed by atoms with Crippen LogP contribution in [-0.4, -0.2) is 59.4 Å². The Morgan fingerprint density at radius 2 is 2.00 bits per heavy atom. The number of rotatable bonds is 6. The Hall–Kier alpha value is -1.66. The highest BCUT2D eigenvalue weighted by Crippen LogP contribution is 2.20. The SMILES string of the molecule is CC(C)(C)OC(=O)N1CCCC(Nc2ccc(NCC(O)CCl)cc2)C1. The third-order valence-corrected chi connectivity index (χ3v) is 4.40. The molecule has 1 saturated heterocycles. The lowest BCUT2D eigenvalue weighted by Crippen LogP contribution is -2.46. The van der Waals surface area contributed by atoms with Crippen LogP contribution in [0.2, 0.25) is 0 Å². The van der Waals surface area contributed by atoms with E-state index in [0.717, 1.165) is 30.8 Å². The highest BCUT2D eigenvalue weighted by Gasteiger charge is 2.27. The van der Waals surface area contributed by atoms with Crippen molar-refractivity contribution >= 4 is 29.1 Å². The van der Waals surface area contributed by atoms with Gasteiger partial charge in [-0.1, -0.05) is 0 Å². The molecule has 1 amide bonds. The number of aliphatic hydroxyl groups is 1. The predicted octanol–water partition coefficient (Wildman–Crippen LogP) is 3.51. The molecule has 0 bridgehead atoms. The second-order valence-corrected chi connectivity index (χ2v) is 7.98. The largest absolute Gasteiger partial charge is 0.444 e. The van der Waals surface area contributed by atoms with E-state index < -0.39 is 11.7 Å². The highest BCUT2D eigenvalue weighted by molar-refractivity contribution is 6.18. The van der Waals surface area contributed by atoms with Crippen molar-refractivity contribution in [3.8, 4) is 0 Å². The number of ether oxygens (including phenoxy) is 1. The maximum Gasteiger partial charge on any atom is 0.410 e. The molecule has 7 heteroatoms. The number of halogens is 1. The van der Waals surface area contributed by atoms with Crippen molar-refractivity contribution in [2.24, 2.45) is 0 Å². The molecule has 2 unspecified atom stereocenters. The van der Waals surface area contributed by atoms with Crippen LogP contribution in [0.1, 0.15) is 33.6 Å². The fourth-order valence-electron chi connectivity index (χ4n) is 2.80. The van der Waals surface area contributed by atoms with E-state index in [4.69, 9.17) is 16.3 Å². The first-order valence-corrected chi connectivity index (χ1v) is 9.63. The number of amides is 1. The van der Waals surface area contributed by atoms with Crippen LogP contribution in [-0.2, 0) is 4.74 Å². The minimum atomic E-state index is -0.560. The van der Waals surface area contributed by atoms with Gasteiger partial charge in [0.05, 0.1) is 12.0 Å². The maximum atomic E-state index is 12.2. The molecule has 1 aromatic carbocycles. The smallest absolute Gasteiger partial charge is 0.410 e. The van der Waals surface area contributed by atoms with Gasteiger partial charge in [-0.05, 0) is 57.9 Å². The van der Waals surface area contributed by atoms with E-state index in [1.165, 1.54) is 0 Å². The van der Waals surface area contributed by atoms with Crippen molar-refractivity contribution in [1.82, 2.24) is 4.90 Å². The lowest BCUT2D eigenvalue weighted by atomic mass is 10.1. The molecule has 2 atom stereocenters. The van der Waals surface area contributed by atoms with Gasteiger partial charge in [0, 0.05) is 37.1 Å². The van der Waals surface area contributed by atoms with Crippen LogP contribution in [0.4, 0.5) is 16.2 Å². The van der Waals surface area contributed by atoms with Gasteiger partial charge in [-0.3, -0.25) is 0 Å². The fourth-order valence-corrected chi connectivity index (χ4v) is 2.91. The molecule has 1 aliphatic heterocycles. The molecular formula is C19H30ClN3O3. The Labute approximate surface area is 160 Å². The van der Waals surface area contributed by atoms with Crippen molar-refractivity contribution in [1.29, 1.82) is 0 Å². The zero-order valence-electron chi connectivity index (χ0n) is 15.8. The topological polar surface area (TPSA) is 73.8 Å². The Balaban J connectivity index is 1.85. The number of carbonyl (C=O) groups excluding carboxylic acids is 1. The van der Waals surface area contributed by atoms with Crippen LogP contribution in [0, 0.1) is 0 Å². The number of aliphatic hydroxyl groups excluding tert-OH is 1. The molecule has 0 aliphatic carbocycles. The van der Waals surface area contributed by atoms with Gasteiger partial charge in [0.15, 0.2) is 0 Å². The fraction of sp³-hybridized carbons (Fsp3) is 0.632. The van der Waals surface area contributed by atoms with Crippen LogP contribution < -0.4 is 10.6 Å². The first-order valence-electron chi connectivity index (χ1n) is 9.09. The number of piperidine rings is 1. The average Bonchev–Trinajstić information content (AvgIpc) is 2.59. The molecule has 0 aromatic heterocycles. The van der Waals surface area contributed by atoms with Crippen molar-refractivity contribution in [3.63, 3.8) is 0 Å². The van der Waals surface area contributed by atoms with Crippen LogP contribution >= 0.6 is 11.6 Å². The summed E-state index contributed by atoms with van der Waals surface area (Å²) in [6, 6.07) is 8.09. The van der Waals surface area contributed by atoms with Crippen molar-refractivity contribution in [2.75, 3.05) is 36.1 Å². The Morgan fingerprint density at radius 1 is 1.35 bits per heavy atom. The van der Waals surface area contributed by atoms with Gasteiger partial charge in [0.25, 0.3) is 0 Å². The third kappa shape index (κ3) is 6.92. The van der Waals surface area contributed by atoms with Gasteiger partial charge in [0.2, 0.25) is 0 Å². The van der Waals surface area contributed by atoms with Crippen LogP contribution in [0.3, 0.4) is 0 Å². The molecule has 26 heavy (non-hydrogen) atoms. The summed E-state index contributed by atoms with van der Waals surface area (Å²) in [5, 5.41) is 16.1. The molecule has 0 spiro atoms. The van der Waals surface area contributed by atoms with Gasteiger partial charge in [-0.15, -0.1) is 11.6 Å². The second-order valence-electron chi connectivity index (χ2n) is 7.68. The second kappa shape index (κ2) is 9.33. The van der Waals surface area contributed by atoms with Crippen LogP contribution in [0.5, 0.6) is 0 Å². The van der Waals surface area contributed by atoms with Crippen LogP contribution in [0.15, 0.2) is 24.3 Å². The summed E-state index contributed by atoms with van der Waals surface area (Å²) in [4.78, 5) is 14.0. The van der Waals surface area contributed by atoms with Crippen molar-refractivity contribution in [2.45, 2.75) is 51.4 Å². The van der Waals surface area contributed by atoms with Crippen LogP contribution in [0.25, 0.3) is 0 Å². The first-order chi connectivity index (χ1) is 12.3. The highest BCUT2D eigenvalue weighted by atomic mass is 35.5. The molecule has 146 valence electrons. The van der Waals surface area contributed by atoms with Gasteiger partial charge < -0.3 is 25.4 Å². The number of carbonyl (C=O) groups is 1. The average molecular weight is 384 g/mol. The Morgan fingerprint density at radius 3 is 2.62 bits per heavy atom. The zero-order chi connectivity index (χ0) is 19.2. The monoisotopic (exact) mass is 383 g/mol. The van der Waals surface area contributed by atoms with E-state index in [9.17, 15) is 9.90 Å². The van der Waals surface area contributed by atoms with Crippen molar-refractivity contribution in [3.05, 3.63) is 24.3 Å². The van der Waals surface area contributed by atoms with Gasteiger partial charge in [-0.25, -0.2) is 4.79 Å². The molecule has 2 rings (SSSR count). The number of nitrogens with zero attached hydrogens (tertiary/aromatic N) is 1. The summed E-state index contributed by atoms with van der Waals surface area (Å²) in [5.41, 5.74) is 1.46. The third-order valence-electron chi connectivity index (χ3n) is 4.05. The number of likely N-dealkylation sites (tertiary alicyclic amines) is 1. The number of benzene rings is 1. The molecule has 0 radical (unpaired) electrons. The number of hydrogen-bond donors (Lipinski definition) is 3. The van der Waals surface area contributed by atoms with Crippen molar-refractivity contribution < 1.29 is 14.6 Å². The number of alkyl halides is 1. The maximum absolute atomic E-state index is 12.2. The lowest BCUT2D eigenvalue weighted by Gasteiger charge is -2.34. The standard InChI is InChI=1S/C19H30ClN3O3/c1-19(2,3)26-18(25)23-10-4-5-16(13-23)22-15-8-6-14(7-9-15)21-12-17(24)11-20/h6-9,16-17,21-22,24H,4-5,10-13H2,1-3H3. The van der Waals surface area contributed by atoms with Gasteiger partial charge in [-0.2, -0.15) is 0 Å². The molecule has 3 N–H and O–H groups in total. The molecule has 6 nitrogen and oxygen atoms in total. The van der Waals surface area contributed by atoms with Gasteiger partial charge in [0.1, 0.15) is 5.60 Å². The molecule has 1 aliphatic rings. The molecule has 1 aromatic rings. The number of hydrogen-bond acceptors (Lipinski definition) is 5. The molecule has 1 heterocycles. The summed E-state index contributed by atoms with van der Waals surface area (Å²) < 4.78 is 5.47. The van der Waals surface area contributed by atoms with E-state index in [-0.39, 0.29) is 18.0 Å². The summed E-state index contributed by atoms with van der Waals surface area (Å²) in [6.45, 7) is 7.43. The summed E-state index contributed by atoms with van der Waals surface area (Å²) in [7, 11) is 0. The number of nitrogens with one attached hydrogen (secondary N) is 2. The summed E-state index contributed by atoms with van der Waals surface area (Å²) in [5.74, 6) is 0.211. The van der Waals surface area contributed by atoms with E-state index in [1.807, 2.05) is 45.0 Å². The molecule has 1 fully saturated rings. The van der Waals surface area contributed by atoms with E-state index in [2.05, 4.69) is 10.6 Å². The minimum Gasteiger partial charge on any atom is -0.444 e. The first kappa shape index (κ1) is 20.6. The number of anilines is 2. The van der Waals surface area contributed by atoms with E-state index >= 15 is 0 Å². The summed E-state index contributed by atoms with van der Waals surface area (Å²) >= 11 is 5.58. The van der Waals surface area contributed by atoms with E-state index in [1.54, 1.807) is 4.90 Å². The molecule has 0 saturated carbocycles. The normalized spacial score (nSPS) is 19.0. The molecular weight excluding hydrogens is 354 g/mol. The quantitative estimate of drug-likeness (QED) is 0.655. The van der Waals surface area contributed by atoms with E-state index in [0.29, 0.717) is 13.1 Å². The zero-order valence-corrected chi connectivity index (χ0v) is 16.6. The lowest BCUT2D eigenvalue weighted by molar-refractivity contribution is 0.0206.